The first-order valence-corrected chi connectivity index (χ1v) is 8.64. The van der Waals surface area contributed by atoms with E-state index in [-0.39, 0.29) is 13.0 Å². The molecule has 2 rings (SSSR count). The van der Waals surface area contributed by atoms with E-state index in [1.165, 1.54) is 0 Å². The molecule has 9 nitrogen and oxygen atoms in total. The Hall–Kier alpha value is -3.49. The number of pyridine rings is 1. The zero-order valence-electron chi connectivity index (χ0n) is 15.4. The number of benzene rings is 1. The SMILES string of the molecule is Cc1cc(N)nc(C[C@H](C=O)[C@@H](C[N+](=O)[O-])NC(=O)OCc2ccccc2)c1. The fourth-order valence-electron chi connectivity index (χ4n) is 2.76. The van der Waals surface area contributed by atoms with Crippen LogP contribution in [0, 0.1) is 23.0 Å². The Morgan fingerprint density at radius 2 is 2.07 bits per heavy atom. The van der Waals surface area contributed by atoms with Crippen LogP contribution < -0.4 is 11.1 Å². The average Bonchev–Trinajstić information content (AvgIpc) is 2.63. The number of ether oxygens (including phenoxy) is 1. The van der Waals surface area contributed by atoms with E-state index in [1.807, 2.05) is 13.0 Å². The molecule has 0 aliphatic rings. The van der Waals surface area contributed by atoms with E-state index in [2.05, 4.69) is 10.3 Å². The number of nitrogens with zero attached hydrogens (tertiary/aromatic N) is 2. The maximum absolute atomic E-state index is 12.1. The lowest BCUT2D eigenvalue weighted by Gasteiger charge is -2.20. The maximum atomic E-state index is 12.1. The van der Waals surface area contributed by atoms with Crippen molar-refractivity contribution in [2.24, 2.45) is 5.92 Å². The number of carbonyl (C=O) groups is 2. The Kier molecular flexibility index (Phi) is 7.44. The Morgan fingerprint density at radius 3 is 2.68 bits per heavy atom. The van der Waals surface area contributed by atoms with Crippen LogP contribution >= 0.6 is 0 Å². The number of nitrogens with one attached hydrogen (secondary N) is 1. The smallest absolute Gasteiger partial charge is 0.407 e. The summed E-state index contributed by atoms with van der Waals surface area (Å²) in [5.74, 6) is -0.566. The second kappa shape index (κ2) is 10.0. The highest BCUT2D eigenvalue weighted by atomic mass is 16.6. The fraction of sp³-hybridized carbons (Fsp3) is 0.316. The predicted molar refractivity (Wildman–Crippen MR) is 102 cm³/mol. The van der Waals surface area contributed by atoms with Gasteiger partial charge in [0.1, 0.15) is 24.8 Å². The first-order valence-electron chi connectivity index (χ1n) is 8.64. The summed E-state index contributed by atoms with van der Waals surface area (Å²) in [6, 6.07) is 11.4. The lowest BCUT2D eigenvalue weighted by Crippen LogP contribution is -2.46. The van der Waals surface area contributed by atoms with Gasteiger partial charge in [-0.25, -0.2) is 9.78 Å². The summed E-state index contributed by atoms with van der Waals surface area (Å²) in [7, 11) is 0. The van der Waals surface area contributed by atoms with Gasteiger partial charge in [-0.1, -0.05) is 30.3 Å². The van der Waals surface area contributed by atoms with Crippen LogP contribution in [0.5, 0.6) is 0 Å². The van der Waals surface area contributed by atoms with E-state index in [9.17, 15) is 19.7 Å². The van der Waals surface area contributed by atoms with Gasteiger partial charge in [0, 0.05) is 23.0 Å². The first kappa shape index (κ1) is 20.8. The number of rotatable bonds is 9. The van der Waals surface area contributed by atoms with Crippen molar-refractivity contribution >= 4 is 18.2 Å². The molecule has 0 saturated heterocycles. The van der Waals surface area contributed by atoms with E-state index < -0.39 is 29.5 Å². The van der Waals surface area contributed by atoms with Gasteiger partial charge in [-0.05, 0) is 30.2 Å². The third-order valence-electron chi connectivity index (χ3n) is 4.04. The van der Waals surface area contributed by atoms with E-state index in [0.29, 0.717) is 17.8 Å². The zero-order chi connectivity index (χ0) is 20.5. The minimum atomic E-state index is -1.04. The minimum absolute atomic E-state index is 0.0135. The van der Waals surface area contributed by atoms with Gasteiger partial charge in [-0.3, -0.25) is 10.1 Å². The Bertz CT molecular complexity index is 808. The van der Waals surface area contributed by atoms with Crippen LogP contribution in [0.3, 0.4) is 0 Å². The van der Waals surface area contributed by atoms with E-state index in [0.717, 1.165) is 11.1 Å². The van der Waals surface area contributed by atoms with Crippen molar-refractivity contribution in [3.8, 4) is 0 Å². The molecule has 0 fully saturated rings. The van der Waals surface area contributed by atoms with Crippen molar-refractivity contribution in [2.75, 3.05) is 12.3 Å². The minimum Gasteiger partial charge on any atom is -0.445 e. The number of nitrogens with two attached hydrogens (primary N) is 1. The molecular weight excluding hydrogens is 364 g/mol. The van der Waals surface area contributed by atoms with Gasteiger partial charge in [0.25, 0.3) is 0 Å². The van der Waals surface area contributed by atoms with Gasteiger partial charge < -0.3 is 20.6 Å². The van der Waals surface area contributed by atoms with E-state index in [4.69, 9.17) is 10.5 Å². The van der Waals surface area contributed by atoms with Crippen LogP contribution in [0.1, 0.15) is 16.8 Å². The average molecular weight is 386 g/mol. The van der Waals surface area contributed by atoms with Crippen molar-refractivity contribution in [2.45, 2.75) is 26.0 Å². The summed E-state index contributed by atoms with van der Waals surface area (Å²) < 4.78 is 5.10. The number of aldehydes is 1. The molecule has 2 atom stereocenters. The van der Waals surface area contributed by atoms with Crippen LogP contribution in [-0.4, -0.2) is 34.9 Å². The number of hydrogen-bond acceptors (Lipinski definition) is 7. The number of nitro groups is 1. The standard InChI is InChI=1S/C19H22N4O5/c1-13-7-16(21-18(20)8-13)9-15(11-24)17(10-23(26)27)22-19(25)28-12-14-5-3-2-4-6-14/h2-8,11,15,17H,9-10,12H2,1H3,(H2,20,21)(H,22,25)/t15-,17-/m1/s1. The molecule has 28 heavy (non-hydrogen) atoms. The van der Waals surface area contributed by atoms with Crippen LogP contribution in [0.15, 0.2) is 42.5 Å². The highest BCUT2D eigenvalue weighted by molar-refractivity contribution is 5.69. The highest BCUT2D eigenvalue weighted by Gasteiger charge is 2.29. The molecule has 1 aromatic carbocycles. The van der Waals surface area contributed by atoms with Crippen LogP contribution in [0.25, 0.3) is 0 Å². The van der Waals surface area contributed by atoms with E-state index >= 15 is 0 Å². The summed E-state index contributed by atoms with van der Waals surface area (Å²) >= 11 is 0. The van der Waals surface area contributed by atoms with Gasteiger partial charge in [-0.15, -0.1) is 0 Å². The van der Waals surface area contributed by atoms with Crippen molar-refractivity contribution in [3.05, 3.63) is 69.4 Å². The topological polar surface area (TPSA) is 137 Å². The summed E-state index contributed by atoms with van der Waals surface area (Å²) in [6.07, 6.45) is -0.155. The first-order chi connectivity index (χ1) is 13.4. The summed E-state index contributed by atoms with van der Waals surface area (Å²) in [4.78, 5) is 38.2. The molecule has 2 aromatic rings. The summed E-state index contributed by atoms with van der Waals surface area (Å²) in [5.41, 5.74) is 7.86. The van der Waals surface area contributed by atoms with Crippen molar-refractivity contribution < 1.29 is 19.2 Å². The molecule has 0 unspecified atom stereocenters. The number of nitrogen functional groups attached to an aromatic ring is 1. The molecular formula is C19H22N4O5. The summed E-state index contributed by atoms with van der Waals surface area (Å²) in [5, 5.41) is 13.4. The molecule has 0 aliphatic carbocycles. The molecule has 0 aliphatic heterocycles. The van der Waals surface area contributed by atoms with Crippen molar-refractivity contribution in [1.82, 2.24) is 10.3 Å². The third-order valence-corrected chi connectivity index (χ3v) is 4.04. The molecule has 0 saturated carbocycles. The number of hydrogen-bond donors (Lipinski definition) is 2. The predicted octanol–water partition coefficient (Wildman–Crippen LogP) is 1.90. The number of alkyl carbamates (subject to hydrolysis) is 1. The van der Waals surface area contributed by atoms with Crippen LogP contribution in [0.2, 0.25) is 0 Å². The molecule has 1 amide bonds. The normalized spacial score (nSPS) is 12.6. The molecule has 148 valence electrons. The molecule has 9 heteroatoms. The number of aromatic nitrogens is 1. The number of anilines is 1. The third kappa shape index (κ3) is 6.67. The molecule has 1 aromatic heterocycles. The lowest BCUT2D eigenvalue weighted by atomic mass is 9.95. The molecule has 3 N–H and O–H groups in total. The molecule has 1 heterocycles. The monoisotopic (exact) mass is 386 g/mol. The fourth-order valence-corrected chi connectivity index (χ4v) is 2.76. The van der Waals surface area contributed by atoms with Gasteiger partial charge in [0.15, 0.2) is 0 Å². The maximum Gasteiger partial charge on any atom is 0.407 e. The molecule has 0 spiro atoms. The van der Waals surface area contributed by atoms with Crippen molar-refractivity contribution in [3.63, 3.8) is 0 Å². The number of aryl methyl sites for hydroxylation is 1. The Labute approximate surface area is 162 Å². The molecule has 0 bridgehead atoms. The van der Waals surface area contributed by atoms with Gasteiger partial charge >= 0.3 is 6.09 Å². The van der Waals surface area contributed by atoms with Crippen LogP contribution in [-0.2, 0) is 22.6 Å². The second-order valence-electron chi connectivity index (χ2n) is 6.39. The van der Waals surface area contributed by atoms with Gasteiger partial charge in [-0.2, -0.15) is 0 Å². The van der Waals surface area contributed by atoms with Gasteiger partial charge in [0.05, 0.1) is 0 Å². The second-order valence-corrected chi connectivity index (χ2v) is 6.39. The summed E-state index contributed by atoms with van der Waals surface area (Å²) in [6.45, 7) is 1.22. The number of amides is 1. The van der Waals surface area contributed by atoms with Gasteiger partial charge in [0.2, 0.25) is 6.54 Å². The highest BCUT2D eigenvalue weighted by Crippen LogP contribution is 2.14. The number of carbonyl (C=O) groups excluding carboxylic acids is 2. The Morgan fingerprint density at radius 1 is 1.36 bits per heavy atom. The van der Waals surface area contributed by atoms with Crippen molar-refractivity contribution in [1.29, 1.82) is 0 Å². The Balaban J connectivity index is 2.05. The zero-order valence-corrected chi connectivity index (χ0v) is 15.4. The molecule has 0 radical (unpaired) electrons. The largest absolute Gasteiger partial charge is 0.445 e. The van der Waals surface area contributed by atoms with Crippen LogP contribution in [0.4, 0.5) is 10.6 Å². The lowest BCUT2D eigenvalue weighted by molar-refractivity contribution is -0.484. The quantitative estimate of drug-likeness (QED) is 0.381. The van der Waals surface area contributed by atoms with E-state index in [1.54, 1.807) is 36.4 Å².